The highest BCUT2D eigenvalue weighted by molar-refractivity contribution is 8.00. The molecule has 0 radical (unpaired) electrons. The van der Waals surface area contributed by atoms with Gasteiger partial charge in [0, 0.05) is 30.1 Å². The van der Waals surface area contributed by atoms with E-state index >= 15 is 0 Å². The Balaban J connectivity index is 2.32. The molecule has 0 aromatic heterocycles. The molecule has 3 heteroatoms. The van der Waals surface area contributed by atoms with Gasteiger partial charge in [0.15, 0.2) is 0 Å². The van der Waals surface area contributed by atoms with E-state index in [1.807, 2.05) is 6.92 Å². The molecular weight excluding hydrogens is 182 g/mol. The molecule has 2 unspecified atom stereocenters. The molecule has 0 spiro atoms. The fourth-order valence-electron chi connectivity index (χ4n) is 1.86. The second-order valence-corrected chi connectivity index (χ2v) is 5.92. The number of hydrogen-bond acceptors (Lipinski definition) is 3. The van der Waals surface area contributed by atoms with Crippen LogP contribution in [-0.4, -0.2) is 46.2 Å². The van der Waals surface area contributed by atoms with E-state index < -0.39 is 0 Å². The summed E-state index contributed by atoms with van der Waals surface area (Å²) in [5.74, 6) is 0. The first kappa shape index (κ1) is 11.3. The number of aliphatic hydroxyl groups is 1. The van der Waals surface area contributed by atoms with E-state index in [4.69, 9.17) is 0 Å². The molecule has 3 atom stereocenters. The summed E-state index contributed by atoms with van der Waals surface area (Å²) in [7, 11) is 0. The zero-order valence-corrected chi connectivity index (χ0v) is 9.68. The van der Waals surface area contributed by atoms with Gasteiger partial charge < -0.3 is 5.11 Å². The van der Waals surface area contributed by atoms with Crippen molar-refractivity contribution in [2.45, 2.75) is 43.8 Å². The van der Waals surface area contributed by atoms with Gasteiger partial charge >= 0.3 is 0 Å². The SMILES string of the molecule is CC[C@@H](O)CN1CC(C)SC(C)C1. The number of hydrogen-bond donors (Lipinski definition) is 1. The highest BCUT2D eigenvalue weighted by atomic mass is 32.2. The van der Waals surface area contributed by atoms with Gasteiger partial charge in [0.25, 0.3) is 0 Å². The molecule has 1 N–H and O–H groups in total. The van der Waals surface area contributed by atoms with Crippen LogP contribution in [0.25, 0.3) is 0 Å². The van der Waals surface area contributed by atoms with E-state index in [0.717, 1.165) is 26.1 Å². The molecule has 1 heterocycles. The zero-order valence-electron chi connectivity index (χ0n) is 8.86. The minimum Gasteiger partial charge on any atom is -0.392 e. The topological polar surface area (TPSA) is 23.5 Å². The number of β-amino-alcohol motifs (C(OH)–C–C–N with tert-alkyl or cyclic N) is 1. The summed E-state index contributed by atoms with van der Waals surface area (Å²) < 4.78 is 0. The minimum atomic E-state index is -0.137. The molecule has 0 aliphatic carbocycles. The van der Waals surface area contributed by atoms with Gasteiger partial charge in [0.2, 0.25) is 0 Å². The monoisotopic (exact) mass is 203 g/mol. The van der Waals surface area contributed by atoms with E-state index in [9.17, 15) is 5.11 Å². The van der Waals surface area contributed by atoms with Crippen molar-refractivity contribution < 1.29 is 5.11 Å². The largest absolute Gasteiger partial charge is 0.392 e. The van der Waals surface area contributed by atoms with Crippen LogP contribution in [0.5, 0.6) is 0 Å². The standard InChI is InChI=1S/C10H21NOS/c1-4-10(12)7-11-5-8(2)13-9(3)6-11/h8-10,12H,4-7H2,1-3H3/t8?,9?,10-/m1/s1. The Morgan fingerprint density at radius 1 is 1.38 bits per heavy atom. The third-order valence-corrected chi connectivity index (χ3v) is 3.66. The van der Waals surface area contributed by atoms with Gasteiger partial charge in [-0.25, -0.2) is 0 Å². The van der Waals surface area contributed by atoms with Crippen molar-refractivity contribution in [2.24, 2.45) is 0 Å². The Morgan fingerprint density at radius 3 is 2.38 bits per heavy atom. The lowest BCUT2D eigenvalue weighted by atomic mass is 10.2. The van der Waals surface area contributed by atoms with Crippen LogP contribution in [0, 0.1) is 0 Å². The average Bonchev–Trinajstić information content (AvgIpc) is 2.02. The van der Waals surface area contributed by atoms with Gasteiger partial charge in [-0.2, -0.15) is 11.8 Å². The van der Waals surface area contributed by atoms with Crippen molar-refractivity contribution in [3.63, 3.8) is 0 Å². The lowest BCUT2D eigenvalue weighted by Gasteiger charge is -2.35. The summed E-state index contributed by atoms with van der Waals surface area (Å²) in [6.45, 7) is 9.69. The molecule has 0 aromatic carbocycles. The van der Waals surface area contributed by atoms with Crippen molar-refractivity contribution >= 4 is 11.8 Å². The second kappa shape index (κ2) is 5.23. The van der Waals surface area contributed by atoms with Crippen molar-refractivity contribution in [2.75, 3.05) is 19.6 Å². The Hall–Kier alpha value is 0.270. The summed E-state index contributed by atoms with van der Waals surface area (Å²) in [6.07, 6.45) is 0.731. The van der Waals surface area contributed by atoms with Crippen molar-refractivity contribution in [1.29, 1.82) is 0 Å². The molecule has 1 aliphatic heterocycles. The minimum absolute atomic E-state index is 0.137. The van der Waals surface area contributed by atoms with E-state index in [0.29, 0.717) is 10.5 Å². The maximum absolute atomic E-state index is 9.53. The predicted octanol–water partition coefficient (Wildman–Crippen LogP) is 1.58. The first-order chi connectivity index (χ1) is 6.11. The van der Waals surface area contributed by atoms with Crippen molar-refractivity contribution in [1.82, 2.24) is 4.90 Å². The number of nitrogens with zero attached hydrogens (tertiary/aromatic N) is 1. The molecule has 0 saturated carbocycles. The summed E-state index contributed by atoms with van der Waals surface area (Å²) in [5.41, 5.74) is 0. The van der Waals surface area contributed by atoms with E-state index in [1.54, 1.807) is 0 Å². The van der Waals surface area contributed by atoms with E-state index in [2.05, 4.69) is 30.5 Å². The summed E-state index contributed by atoms with van der Waals surface area (Å²) in [4.78, 5) is 2.39. The first-order valence-electron chi connectivity index (χ1n) is 5.17. The highest BCUT2D eigenvalue weighted by Gasteiger charge is 2.23. The predicted molar refractivity (Wildman–Crippen MR) is 59.3 cm³/mol. The molecule has 1 aliphatic rings. The zero-order chi connectivity index (χ0) is 9.84. The summed E-state index contributed by atoms with van der Waals surface area (Å²) in [6, 6.07) is 0. The molecular formula is C10H21NOS. The second-order valence-electron chi connectivity index (χ2n) is 4.04. The Bertz CT molecular complexity index is 144. The van der Waals surface area contributed by atoms with E-state index in [1.165, 1.54) is 0 Å². The Labute approximate surface area is 85.7 Å². The number of aliphatic hydroxyl groups excluding tert-OH is 1. The van der Waals surface area contributed by atoms with Gasteiger partial charge in [-0.3, -0.25) is 4.90 Å². The molecule has 78 valence electrons. The average molecular weight is 203 g/mol. The van der Waals surface area contributed by atoms with Crippen molar-refractivity contribution in [3.05, 3.63) is 0 Å². The molecule has 1 fully saturated rings. The van der Waals surface area contributed by atoms with Crippen LogP contribution >= 0.6 is 11.8 Å². The first-order valence-corrected chi connectivity index (χ1v) is 6.12. The quantitative estimate of drug-likeness (QED) is 0.753. The number of thioether (sulfide) groups is 1. The molecule has 1 rings (SSSR count). The van der Waals surface area contributed by atoms with Gasteiger partial charge in [-0.1, -0.05) is 20.8 Å². The third kappa shape index (κ3) is 3.88. The van der Waals surface area contributed by atoms with Crippen LogP contribution in [0.15, 0.2) is 0 Å². The van der Waals surface area contributed by atoms with Crippen LogP contribution in [0.2, 0.25) is 0 Å². The maximum Gasteiger partial charge on any atom is 0.0664 e. The molecule has 0 amide bonds. The van der Waals surface area contributed by atoms with Crippen LogP contribution in [-0.2, 0) is 0 Å². The van der Waals surface area contributed by atoms with Gasteiger partial charge in [-0.05, 0) is 6.42 Å². The summed E-state index contributed by atoms with van der Waals surface area (Å²) >= 11 is 2.06. The van der Waals surface area contributed by atoms with Crippen LogP contribution in [0.4, 0.5) is 0 Å². The Morgan fingerprint density at radius 2 is 1.92 bits per heavy atom. The van der Waals surface area contributed by atoms with Crippen LogP contribution in [0.3, 0.4) is 0 Å². The van der Waals surface area contributed by atoms with Gasteiger partial charge in [-0.15, -0.1) is 0 Å². The third-order valence-electron chi connectivity index (χ3n) is 2.44. The molecule has 0 bridgehead atoms. The molecule has 2 nitrogen and oxygen atoms in total. The van der Waals surface area contributed by atoms with Crippen LogP contribution < -0.4 is 0 Å². The highest BCUT2D eigenvalue weighted by Crippen LogP contribution is 2.24. The number of rotatable bonds is 3. The normalized spacial score (nSPS) is 33.2. The van der Waals surface area contributed by atoms with E-state index in [-0.39, 0.29) is 6.10 Å². The lowest BCUT2D eigenvalue weighted by Crippen LogP contribution is -2.43. The molecule has 0 aromatic rings. The molecule has 1 saturated heterocycles. The Kier molecular flexibility index (Phi) is 4.56. The lowest BCUT2D eigenvalue weighted by molar-refractivity contribution is 0.108. The van der Waals surface area contributed by atoms with Crippen molar-refractivity contribution in [3.8, 4) is 0 Å². The fraction of sp³-hybridized carbons (Fsp3) is 1.00. The molecule has 13 heavy (non-hydrogen) atoms. The van der Waals surface area contributed by atoms with Crippen LogP contribution in [0.1, 0.15) is 27.2 Å². The fourth-order valence-corrected chi connectivity index (χ4v) is 3.25. The van der Waals surface area contributed by atoms with Gasteiger partial charge in [0.1, 0.15) is 0 Å². The van der Waals surface area contributed by atoms with Gasteiger partial charge in [0.05, 0.1) is 6.10 Å². The summed E-state index contributed by atoms with van der Waals surface area (Å²) in [5, 5.41) is 11.0. The maximum atomic E-state index is 9.53. The smallest absolute Gasteiger partial charge is 0.0664 e.